The van der Waals surface area contributed by atoms with E-state index in [9.17, 15) is 13.2 Å². The summed E-state index contributed by atoms with van der Waals surface area (Å²) in [6.45, 7) is 5.14. The summed E-state index contributed by atoms with van der Waals surface area (Å²) in [4.78, 5) is 17.8. The van der Waals surface area contributed by atoms with Crippen LogP contribution in [-0.4, -0.2) is 28.5 Å². The fourth-order valence-electron chi connectivity index (χ4n) is 4.97. The lowest BCUT2D eigenvalue weighted by Gasteiger charge is -2.17. The van der Waals surface area contributed by atoms with Crippen LogP contribution in [-0.2, 0) is 23.0 Å². The van der Waals surface area contributed by atoms with E-state index in [2.05, 4.69) is 10.3 Å². The van der Waals surface area contributed by atoms with Crippen molar-refractivity contribution >= 4 is 20.9 Å². The standard InChI is InChI=1S/C29H26N4O3S/c1-19-3-7-23(8-4-19)37(35,36)33-27-16-22(6-9-24(27)25-11-13-30-18-28(25)33)32-14-12-21(15-29(32)34)26-10-5-20(2)17-31-26/h3-10,12,14-17,30H,11,13,18H2,1-2H3. The summed E-state index contributed by atoms with van der Waals surface area (Å²) < 4.78 is 30.8. The summed E-state index contributed by atoms with van der Waals surface area (Å²) in [7, 11) is -3.85. The van der Waals surface area contributed by atoms with Crippen LogP contribution < -0.4 is 10.9 Å². The smallest absolute Gasteiger partial charge is 0.268 e. The van der Waals surface area contributed by atoms with E-state index in [0.29, 0.717) is 17.7 Å². The molecule has 8 heteroatoms. The van der Waals surface area contributed by atoms with Gasteiger partial charge in [0.25, 0.3) is 15.6 Å². The van der Waals surface area contributed by atoms with Crippen LogP contribution in [0.4, 0.5) is 0 Å². The van der Waals surface area contributed by atoms with Gasteiger partial charge in [0.15, 0.2) is 0 Å². The Balaban J connectivity index is 1.52. The first-order valence-electron chi connectivity index (χ1n) is 12.2. The number of benzene rings is 2. The lowest BCUT2D eigenvalue weighted by Crippen LogP contribution is -2.27. The molecule has 6 rings (SSSR count). The SMILES string of the molecule is Cc1ccc(S(=O)(=O)n2c3c(c4ccc(-n5ccc(-c6ccc(C)cn6)cc5=O)cc42)CCNC3)cc1. The van der Waals surface area contributed by atoms with E-state index in [0.717, 1.165) is 52.0 Å². The molecule has 0 atom stereocenters. The van der Waals surface area contributed by atoms with Gasteiger partial charge in [0.2, 0.25) is 0 Å². The molecule has 186 valence electrons. The highest BCUT2D eigenvalue weighted by Crippen LogP contribution is 2.33. The molecule has 0 unspecified atom stereocenters. The maximum absolute atomic E-state index is 13.9. The van der Waals surface area contributed by atoms with Gasteiger partial charge in [-0.15, -0.1) is 0 Å². The molecular weight excluding hydrogens is 484 g/mol. The van der Waals surface area contributed by atoms with Gasteiger partial charge in [0.1, 0.15) is 0 Å². The summed E-state index contributed by atoms with van der Waals surface area (Å²) in [6, 6.07) is 19.7. The zero-order valence-corrected chi connectivity index (χ0v) is 21.4. The number of nitrogens with one attached hydrogen (secondary N) is 1. The summed E-state index contributed by atoms with van der Waals surface area (Å²) in [6.07, 6.45) is 4.22. The van der Waals surface area contributed by atoms with E-state index in [-0.39, 0.29) is 10.5 Å². The van der Waals surface area contributed by atoms with Gasteiger partial charge < -0.3 is 5.32 Å². The Labute approximate surface area is 215 Å². The van der Waals surface area contributed by atoms with Crippen molar-refractivity contribution in [3.63, 3.8) is 0 Å². The van der Waals surface area contributed by atoms with E-state index >= 15 is 0 Å². The second-order valence-electron chi connectivity index (χ2n) is 9.48. The van der Waals surface area contributed by atoms with Gasteiger partial charge in [-0.1, -0.05) is 29.8 Å². The Kier molecular flexibility index (Phi) is 5.58. The minimum absolute atomic E-state index is 0.217. The first-order valence-corrected chi connectivity index (χ1v) is 13.6. The first-order chi connectivity index (χ1) is 17.8. The summed E-state index contributed by atoms with van der Waals surface area (Å²) in [5.74, 6) is 0. The van der Waals surface area contributed by atoms with Gasteiger partial charge in [0, 0.05) is 36.0 Å². The van der Waals surface area contributed by atoms with Crippen molar-refractivity contribution in [1.82, 2.24) is 18.8 Å². The van der Waals surface area contributed by atoms with Crippen LogP contribution in [0.5, 0.6) is 0 Å². The number of nitrogens with zero attached hydrogens (tertiary/aromatic N) is 3. The molecule has 0 bridgehead atoms. The number of fused-ring (bicyclic) bond motifs is 3. The number of pyridine rings is 2. The second-order valence-corrected chi connectivity index (χ2v) is 11.3. The monoisotopic (exact) mass is 510 g/mol. The van der Waals surface area contributed by atoms with E-state index in [4.69, 9.17) is 0 Å². The fraction of sp³-hybridized carbons (Fsp3) is 0.172. The van der Waals surface area contributed by atoms with Gasteiger partial charge >= 0.3 is 0 Å². The van der Waals surface area contributed by atoms with Gasteiger partial charge in [-0.25, -0.2) is 12.4 Å². The van der Waals surface area contributed by atoms with Crippen LogP contribution in [0.2, 0.25) is 0 Å². The molecule has 1 N–H and O–H groups in total. The number of aryl methyl sites for hydroxylation is 2. The molecule has 1 aliphatic rings. The molecule has 1 aliphatic heterocycles. The molecule has 0 saturated carbocycles. The molecule has 4 heterocycles. The van der Waals surface area contributed by atoms with Gasteiger partial charge in [-0.2, -0.15) is 0 Å². The van der Waals surface area contributed by atoms with Crippen LogP contribution >= 0.6 is 0 Å². The minimum Gasteiger partial charge on any atom is -0.311 e. The zero-order chi connectivity index (χ0) is 25.7. The number of aromatic nitrogens is 3. The molecule has 0 amide bonds. The summed E-state index contributed by atoms with van der Waals surface area (Å²) in [5, 5.41) is 4.20. The van der Waals surface area contributed by atoms with Crippen LogP contribution in [0.3, 0.4) is 0 Å². The van der Waals surface area contributed by atoms with Crippen LogP contribution in [0, 0.1) is 13.8 Å². The van der Waals surface area contributed by atoms with Crippen molar-refractivity contribution in [1.29, 1.82) is 0 Å². The number of hydrogen-bond acceptors (Lipinski definition) is 5. The average Bonchev–Trinajstić information content (AvgIpc) is 3.24. The molecule has 37 heavy (non-hydrogen) atoms. The van der Waals surface area contributed by atoms with Crippen molar-refractivity contribution in [3.05, 3.63) is 112 Å². The fourth-order valence-corrected chi connectivity index (χ4v) is 6.54. The zero-order valence-electron chi connectivity index (χ0n) is 20.6. The third-order valence-corrected chi connectivity index (χ3v) is 8.69. The van der Waals surface area contributed by atoms with Gasteiger partial charge in [0.05, 0.1) is 27.5 Å². The molecule has 7 nitrogen and oxygen atoms in total. The number of hydrogen-bond donors (Lipinski definition) is 1. The molecule has 0 spiro atoms. The maximum atomic E-state index is 13.9. The predicted octanol–water partition coefficient (Wildman–Crippen LogP) is 4.35. The van der Waals surface area contributed by atoms with Gasteiger partial charge in [-0.3, -0.25) is 14.3 Å². The highest BCUT2D eigenvalue weighted by Gasteiger charge is 2.28. The summed E-state index contributed by atoms with van der Waals surface area (Å²) in [5.41, 5.74) is 6.23. The van der Waals surface area contributed by atoms with E-state index in [1.165, 1.54) is 8.54 Å². The molecule has 5 aromatic rings. The lowest BCUT2D eigenvalue weighted by atomic mass is 10.0. The summed E-state index contributed by atoms with van der Waals surface area (Å²) >= 11 is 0. The first kappa shape index (κ1) is 23.4. The topological polar surface area (TPSA) is 86.0 Å². The number of rotatable bonds is 4. The quantitative estimate of drug-likeness (QED) is 0.388. The van der Waals surface area contributed by atoms with E-state index < -0.39 is 10.0 Å². The average molecular weight is 511 g/mol. The molecule has 0 saturated heterocycles. The highest BCUT2D eigenvalue weighted by atomic mass is 32.2. The normalized spacial score (nSPS) is 13.6. The van der Waals surface area contributed by atoms with Crippen molar-refractivity contribution in [2.45, 2.75) is 31.7 Å². The van der Waals surface area contributed by atoms with Gasteiger partial charge in [-0.05, 0) is 74.3 Å². The van der Waals surface area contributed by atoms with Crippen LogP contribution in [0.25, 0.3) is 27.8 Å². The Morgan fingerprint density at radius 3 is 2.43 bits per heavy atom. The van der Waals surface area contributed by atoms with Crippen LogP contribution in [0.1, 0.15) is 22.4 Å². The predicted molar refractivity (Wildman–Crippen MR) is 145 cm³/mol. The largest absolute Gasteiger partial charge is 0.311 e. The van der Waals surface area contributed by atoms with Crippen molar-refractivity contribution in [3.8, 4) is 16.9 Å². The van der Waals surface area contributed by atoms with Crippen molar-refractivity contribution < 1.29 is 8.42 Å². The third kappa shape index (κ3) is 3.98. The molecule has 0 aliphatic carbocycles. The Bertz CT molecular complexity index is 1820. The molecular formula is C29H26N4O3S. The van der Waals surface area contributed by atoms with Crippen molar-refractivity contribution in [2.24, 2.45) is 0 Å². The van der Waals surface area contributed by atoms with Crippen LogP contribution in [0.15, 0.2) is 88.8 Å². The minimum atomic E-state index is -3.85. The Morgan fingerprint density at radius 1 is 0.919 bits per heavy atom. The van der Waals surface area contributed by atoms with Crippen molar-refractivity contribution in [2.75, 3.05) is 6.54 Å². The molecule has 3 aromatic heterocycles. The van der Waals surface area contributed by atoms with E-state index in [1.807, 2.05) is 44.2 Å². The van der Waals surface area contributed by atoms with E-state index in [1.54, 1.807) is 48.8 Å². The highest BCUT2D eigenvalue weighted by molar-refractivity contribution is 7.90. The third-order valence-electron chi connectivity index (χ3n) is 6.93. The Morgan fingerprint density at radius 2 is 1.70 bits per heavy atom. The molecule has 2 aromatic carbocycles. The Hall–Kier alpha value is -4.01. The molecule has 0 radical (unpaired) electrons. The molecule has 0 fully saturated rings. The lowest BCUT2D eigenvalue weighted by molar-refractivity contribution is 0.578. The maximum Gasteiger partial charge on any atom is 0.268 e. The second kappa shape index (κ2) is 8.83.